The third kappa shape index (κ3) is 8.44. The molecule has 0 amide bonds. The molecule has 1 unspecified atom stereocenters. The monoisotopic (exact) mass is 754 g/mol. The van der Waals surface area contributed by atoms with Crippen molar-refractivity contribution in [2.45, 2.75) is 87.7 Å². The number of hydrogen-bond donors (Lipinski definition) is 4. The average Bonchev–Trinajstić information content (AvgIpc) is 3.64. The second kappa shape index (κ2) is 15.9. The molecule has 3 aromatic rings. The molecule has 3 fully saturated rings. The predicted molar refractivity (Wildman–Crippen MR) is 181 cm³/mol. The topological polar surface area (TPSA) is 264 Å². The minimum Gasteiger partial charge on any atom is -0.481 e. The number of nitrogens with two attached hydrogens (primary N) is 1. The first-order chi connectivity index (χ1) is 25.4. The first-order valence-corrected chi connectivity index (χ1v) is 18.7. The summed E-state index contributed by atoms with van der Waals surface area (Å²) in [6.45, 7) is -0.716. The van der Waals surface area contributed by atoms with Crippen LogP contribution in [-0.2, 0) is 48.1 Å². The van der Waals surface area contributed by atoms with E-state index < -0.39 is 87.1 Å². The van der Waals surface area contributed by atoms with E-state index >= 15 is 0 Å². The first-order valence-electron chi connectivity index (χ1n) is 17.2. The van der Waals surface area contributed by atoms with E-state index in [4.69, 9.17) is 29.0 Å². The second-order valence-electron chi connectivity index (χ2n) is 13.2. The van der Waals surface area contributed by atoms with E-state index in [0.29, 0.717) is 25.7 Å². The lowest BCUT2D eigenvalue weighted by molar-refractivity contribution is -0.162. The standard InChI is InChI=1S/C34H39N6O12P/c35-18-34(28-13-12-26-32(36)37-19-38-40(26)28)24(15-30(43)44)23(14-29(41)42)27(51-34)17-48-53(47,52-22-6-2-1-3-7-22)39-25(33(46)50-21-10-5-11-21)16-31(45)49-20-8-4-9-20/h1-3,6-7,12-13,19-21,23-25,27H,4-5,8-11,14-17H2,(H,39,47)(H,41,42)(H,43,44)(H2,36,37,38)/t23-,24-,25+,27+,34-,53?/m1/s1. The van der Waals surface area contributed by atoms with Crippen LogP contribution in [0.2, 0.25) is 0 Å². The van der Waals surface area contributed by atoms with Gasteiger partial charge in [0, 0.05) is 11.8 Å². The summed E-state index contributed by atoms with van der Waals surface area (Å²) in [5, 5.41) is 37.3. The van der Waals surface area contributed by atoms with Crippen LogP contribution in [0, 0.1) is 23.2 Å². The zero-order valence-electron chi connectivity index (χ0n) is 28.4. The van der Waals surface area contributed by atoms with Gasteiger partial charge in [-0.1, -0.05) is 18.2 Å². The van der Waals surface area contributed by atoms with Crippen LogP contribution < -0.4 is 15.3 Å². The highest BCUT2D eigenvalue weighted by atomic mass is 31.2. The fraction of sp³-hybridized carbons (Fsp3) is 0.500. The van der Waals surface area contributed by atoms with Gasteiger partial charge in [-0.25, -0.2) is 14.1 Å². The van der Waals surface area contributed by atoms with Crippen molar-refractivity contribution in [3.63, 3.8) is 0 Å². The minimum atomic E-state index is -4.71. The van der Waals surface area contributed by atoms with Gasteiger partial charge in [-0.3, -0.25) is 23.7 Å². The Morgan fingerprint density at radius 1 is 1.04 bits per heavy atom. The zero-order chi connectivity index (χ0) is 37.8. The quantitative estimate of drug-likeness (QED) is 0.114. The van der Waals surface area contributed by atoms with Crippen molar-refractivity contribution < 1.29 is 57.2 Å². The van der Waals surface area contributed by atoms with Gasteiger partial charge in [0.1, 0.15) is 41.9 Å². The van der Waals surface area contributed by atoms with E-state index in [2.05, 4.69) is 21.2 Å². The van der Waals surface area contributed by atoms with Crippen LogP contribution in [0.5, 0.6) is 5.75 Å². The summed E-state index contributed by atoms with van der Waals surface area (Å²) < 4.78 is 45.0. The number of aliphatic carboxylic acids is 2. The second-order valence-corrected chi connectivity index (χ2v) is 14.9. The molecule has 2 aromatic heterocycles. The molecule has 0 spiro atoms. The number of nitrogen functional groups attached to an aromatic ring is 1. The van der Waals surface area contributed by atoms with Crippen LogP contribution in [0.15, 0.2) is 48.8 Å². The number of esters is 2. The maximum absolute atomic E-state index is 14.7. The molecule has 1 saturated heterocycles. The third-order valence-electron chi connectivity index (χ3n) is 9.72. The number of nitriles is 1. The summed E-state index contributed by atoms with van der Waals surface area (Å²) in [4.78, 5) is 54.7. The Kier molecular flexibility index (Phi) is 11.3. The van der Waals surface area contributed by atoms with Gasteiger partial charge in [-0.15, -0.1) is 0 Å². The molecule has 3 aliphatic rings. The number of aromatic nitrogens is 3. The van der Waals surface area contributed by atoms with Crippen molar-refractivity contribution >= 4 is 43.0 Å². The van der Waals surface area contributed by atoms with Gasteiger partial charge in [-0.05, 0) is 62.8 Å². The van der Waals surface area contributed by atoms with Crippen LogP contribution in [-0.4, -0.2) is 79.6 Å². The maximum atomic E-state index is 14.7. The molecule has 6 rings (SSSR count). The molecule has 0 radical (unpaired) electrons. The fourth-order valence-electron chi connectivity index (χ4n) is 6.62. The molecule has 5 N–H and O–H groups in total. The Morgan fingerprint density at radius 3 is 2.34 bits per heavy atom. The van der Waals surface area contributed by atoms with E-state index in [1.54, 1.807) is 18.2 Å². The molecular formula is C34H39N6O12P. The van der Waals surface area contributed by atoms with Gasteiger partial charge in [0.15, 0.2) is 11.4 Å². The van der Waals surface area contributed by atoms with Crippen LogP contribution >= 0.6 is 7.75 Å². The number of carbonyl (C=O) groups excluding carboxylic acids is 2. The van der Waals surface area contributed by atoms with E-state index in [9.17, 15) is 39.2 Å². The van der Waals surface area contributed by atoms with Crippen LogP contribution in [0.1, 0.15) is 63.5 Å². The number of benzene rings is 1. The number of carboxylic acids is 2. The molecule has 6 atom stereocenters. The Bertz CT molecular complexity index is 1930. The van der Waals surface area contributed by atoms with Gasteiger partial charge >= 0.3 is 31.6 Å². The predicted octanol–water partition coefficient (Wildman–Crippen LogP) is 3.35. The Labute approximate surface area is 303 Å². The van der Waals surface area contributed by atoms with Gasteiger partial charge in [0.2, 0.25) is 0 Å². The molecule has 2 aliphatic carbocycles. The third-order valence-corrected chi connectivity index (χ3v) is 11.3. The van der Waals surface area contributed by atoms with E-state index in [0.717, 1.165) is 19.2 Å². The largest absolute Gasteiger partial charge is 0.481 e. The number of fused-ring (bicyclic) bond motifs is 1. The summed E-state index contributed by atoms with van der Waals surface area (Å²) in [6, 6.07) is 11.3. The fourth-order valence-corrected chi connectivity index (χ4v) is 8.12. The molecule has 282 valence electrons. The highest BCUT2D eigenvalue weighted by Gasteiger charge is 2.59. The zero-order valence-corrected chi connectivity index (χ0v) is 29.3. The number of nitrogens with zero attached hydrogens (tertiary/aromatic N) is 4. The van der Waals surface area contributed by atoms with Crippen molar-refractivity contribution in [3.8, 4) is 11.8 Å². The van der Waals surface area contributed by atoms with Gasteiger partial charge < -0.3 is 34.7 Å². The summed E-state index contributed by atoms with van der Waals surface area (Å²) in [5.41, 5.74) is 4.23. The number of carboxylic acid groups (broad SMARTS) is 2. The molecule has 1 aliphatic heterocycles. The number of rotatable bonds is 17. The van der Waals surface area contributed by atoms with Crippen LogP contribution in [0.25, 0.3) is 5.52 Å². The number of ether oxygens (including phenoxy) is 3. The molecule has 2 saturated carbocycles. The van der Waals surface area contributed by atoms with Crippen LogP contribution in [0.3, 0.4) is 0 Å². The molecular weight excluding hydrogens is 715 g/mol. The van der Waals surface area contributed by atoms with Gasteiger partial charge in [0.25, 0.3) is 0 Å². The van der Waals surface area contributed by atoms with Crippen molar-refractivity contribution in [2.24, 2.45) is 11.8 Å². The Balaban J connectivity index is 1.33. The average molecular weight is 755 g/mol. The van der Waals surface area contributed by atoms with Crippen LogP contribution in [0.4, 0.5) is 5.82 Å². The number of hydrogen-bond acceptors (Lipinski definition) is 14. The smallest absolute Gasteiger partial charge is 0.459 e. The van der Waals surface area contributed by atoms with E-state index in [1.807, 2.05) is 0 Å². The number of carbonyl (C=O) groups is 4. The Hall–Kier alpha value is -5.08. The highest BCUT2D eigenvalue weighted by Crippen LogP contribution is 2.53. The van der Waals surface area contributed by atoms with Gasteiger partial charge in [-0.2, -0.15) is 15.4 Å². The van der Waals surface area contributed by atoms with Crippen molar-refractivity contribution in [1.29, 1.82) is 5.26 Å². The lowest BCUT2D eigenvalue weighted by Crippen LogP contribution is -2.43. The van der Waals surface area contributed by atoms with E-state index in [-0.39, 0.29) is 35.0 Å². The lowest BCUT2D eigenvalue weighted by Gasteiger charge is -2.30. The maximum Gasteiger partial charge on any atom is 0.459 e. The molecule has 1 aromatic carbocycles. The first kappa shape index (κ1) is 37.7. The summed E-state index contributed by atoms with van der Waals surface area (Å²) in [6.07, 6.45) is 1.49. The summed E-state index contributed by atoms with van der Waals surface area (Å²) >= 11 is 0. The minimum absolute atomic E-state index is 0.0490. The number of anilines is 1. The molecule has 19 heteroatoms. The summed E-state index contributed by atoms with van der Waals surface area (Å²) in [5.74, 6) is -6.67. The highest BCUT2D eigenvalue weighted by molar-refractivity contribution is 7.52. The van der Waals surface area contributed by atoms with Gasteiger partial charge in [0.05, 0.1) is 37.7 Å². The lowest BCUT2D eigenvalue weighted by atomic mass is 9.75. The van der Waals surface area contributed by atoms with Crippen molar-refractivity contribution in [1.82, 2.24) is 19.7 Å². The molecule has 53 heavy (non-hydrogen) atoms. The van der Waals surface area contributed by atoms with Crippen molar-refractivity contribution in [3.05, 3.63) is 54.5 Å². The SMILES string of the molecule is N#C[C@@]1(c2ccc3c(N)ncnn23)O[C@@H](COP(=O)(N[C@@H](CC(=O)OC2CCC2)C(=O)OC2CCC2)Oc2ccccc2)[C@H](CC(=O)O)[C@H]1CC(=O)O. The normalized spacial score (nSPS) is 24.5. The van der Waals surface area contributed by atoms with Crippen molar-refractivity contribution in [2.75, 3.05) is 12.3 Å². The Morgan fingerprint density at radius 2 is 1.72 bits per heavy atom. The number of para-hydroxylation sites is 1. The number of nitrogens with one attached hydrogen (secondary N) is 1. The molecule has 0 bridgehead atoms. The summed E-state index contributed by atoms with van der Waals surface area (Å²) in [7, 11) is -4.71. The molecule has 18 nitrogen and oxygen atoms in total. The molecule has 3 heterocycles. The van der Waals surface area contributed by atoms with E-state index in [1.165, 1.54) is 28.8 Å².